The number of para-hydroxylation sites is 1. The third-order valence-corrected chi connectivity index (χ3v) is 9.05. The molecule has 0 aliphatic carbocycles. The minimum atomic E-state index is -4.17. The molecule has 4 rings (SSSR count). The summed E-state index contributed by atoms with van der Waals surface area (Å²) in [6.45, 7) is 7.83. The molecule has 4 aromatic carbocycles. The molecule has 0 saturated carbocycles. The minimum Gasteiger partial charge on any atom is -0.457 e. The van der Waals surface area contributed by atoms with Crippen molar-refractivity contribution in [3.05, 3.63) is 120 Å². The van der Waals surface area contributed by atoms with Crippen LogP contribution in [0.4, 0.5) is 5.69 Å². The summed E-state index contributed by atoms with van der Waals surface area (Å²) < 4.78 is 35.3. The Morgan fingerprint density at radius 1 is 0.800 bits per heavy atom. The molecule has 45 heavy (non-hydrogen) atoms. The topological polar surface area (TPSA) is 96.0 Å². The van der Waals surface area contributed by atoms with E-state index in [1.165, 1.54) is 17.0 Å². The molecule has 0 fully saturated rings. The second kappa shape index (κ2) is 15.4. The number of rotatable bonds is 14. The molecule has 1 atom stereocenters. The van der Waals surface area contributed by atoms with Crippen LogP contribution in [-0.4, -0.2) is 44.3 Å². The fourth-order valence-electron chi connectivity index (χ4n) is 4.79. The van der Waals surface area contributed by atoms with Gasteiger partial charge in [0.15, 0.2) is 0 Å². The lowest BCUT2D eigenvalue weighted by Gasteiger charge is -2.33. The van der Waals surface area contributed by atoms with Crippen LogP contribution in [-0.2, 0) is 26.2 Å². The van der Waals surface area contributed by atoms with Crippen LogP contribution >= 0.6 is 0 Å². The van der Waals surface area contributed by atoms with E-state index in [1.807, 2.05) is 88.4 Å². The number of hydrogen-bond acceptors (Lipinski definition) is 5. The summed E-state index contributed by atoms with van der Waals surface area (Å²) in [5.74, 6) is 0.621. The summed E-state index contributed by atoms with van der Waals surface area (Å²) in [6.07, 6.45) is 0.360. The second-order valence-electron chi connectivity index (χ2n) is 11.3. The van der Waals surface area contributed by atoms with Crippen molar-refractivity contribution in [1.82, 2.24) is 10.2 Å². The van der Waals surface area contributed by atoms with E-state index in [-0.39, 0.29) is 23.3 Å². The van der Waals surface area contributed by atoms with Crippen LogP contribution in [0.2, 0.25) is 0 Å². The molecule has 1 N–H and O–H groups in total. The van der Waals surface area contributed by atoms with Crippen LogP contribution in [0.25, 0.3) is 0 Å². The SMILES string of the molecule is CCC(C(=O)NCC(C)C)N(Cc1ccccc1)C(=O)CN(c1ccc(Oc2ccccc2)cc1)S(=O)(=O)c1ccc(C)cc1. The van der Waals surface area contributed by atoms with Gasteiger partial charge in [-0.1, -0.05) is 87.0 Å². The summed E-state index contributed by atoms with van der Waals surface area (Å²) in [5.41, 5.74) is 2.03. The van der Waals surface area contributed by atoms with Gasteiger partial charge in [-0.2, -0.15) is 0 Å². The van der Waals surface area contributed by atoms with Gasteiger partial charge < -0.3 is 15.0 Å². The van der Waals surface area contributed by atoms with Gasteiger partial charge >= 0.3 is 0 Å². The predicted octanol–water partition coefficient (Wildman–Crippen LogP) is 6.56. The number of ether oxygens (including phenoxy) is 1. The zero-order chi connectivity index (χ0) is 32.4. The van der Waals surface area contributed by atoms with E-state index in [2.05, 4.69) is 5.32 Å². The van der Waals surface area contributed by atoms with Crippen molar-refractivity contribution in [2.24, 2.45) is 5.92 Å². The van der Waals surface area contributed by atoms with E-state index >= 15 is 0 Å². The Kier molecular flexibility index (Phi) is 11.4. The van der Waals surface area contributed by atoms with E-state index in [9.17, 15) is 18.0 Å². The molecule has 0 bridgehead atoms. The monoisotopic (exact) mass is 627 g/mol. The molecule has 4 aromatic rings. The molecule has 8 nitrogen and oxygen atoms in total. The summed E-state index contributed by atoms with van der Waals surface area (Å²) in [7, 11) is -4.17. The van der Waals surface area contributed by atoms with E-state index < -0.39 is 28.5 Å². The van der Waals surface area contributed by atoms with Crippen LogP contribution in [0.5, 0.6) is 11.5 Å². The lowest BCUT2D eigenvalue weighted by Crippen LogP contribution is -2.52. The highest BCUT2D eigenvalue weighted by Crippen LogP contribution is 2.29. The third kappa shape index (κ3) is 8.95. The van der Waals surface area contributed by atoms with Gasteiger partial charge in [-0.15, -0.1) is 0 Å². The van der Waals surface area contributed by atoms with Crippen LogP contribution in [0.1, 0.15) is 38.3 Å². The van der Waals surface area contributed by atoms with Gasteiger partial charge in [-0.05, 0) is 73.4 Å². The van der Waals surface area contributed by atoms with Crippen molar-refractivity contribution >= 4 is 27.5 Å². The molecule has 2 amide bonds. The van der Waals surface area contributed by atoms with Gasteiger partial charge in [0, 0.05) is 13.1 Å². The Bertz CT molecular complexity index is 1640. The van der Waals surface area contributed by atoms with Crippen molar-refractivity contribution in [1.29, 1.82) is 0 Å². The predicted molar refractivity (Wildman–Crippen MR) is 178 cm³/mol. The Balaban J connectivity index is 1.71. The molecule has 236 valence electrons. The van der Waals surface area contributed by atoms with Gasteiger partial charge in [0.25, 0.3) is 10.0 Å². The number of nitrogens with one attached hydrogen (secondary N) is 1. The Labute approximate surface area is 266 Å². The molecule has 0 aromatic heterocycles. The average Bonchev–Trinajstić information content (AvgIpc) is 3.04. The van der Waals surface area contributed by atoms with Gasteiger partial charge in [-0.3, -0.25) is 13.9 Å². The summed E-state index contributed by atoms with van der Waals surface area (Å²) in [4.78, 5) is 29.1. The summed E-state index contributed by atoms with van der Waals surface area (Å²) >= 11 is 0. The molecular weight excluding hydrogens is 586 g/mol. The van der Waals surface area contributed by atoms with E-state index in [4.69, 9.17) is 4.74 Å². The zero-order valence-electron chi connectivity index (χ0n) is 26.2. The molecule has 0 aliphatic heterocycles. The van der Waals surface area contributed by atoms with Crippen molar-refractivity contribution in [2.45, 2.75) is 51.6 Å². The maximum Gasteiger partial charge on any atom is 0.264 e. The number of carbonyl (C=O) groups excluding carboxylic acids is 2. The first kappa shape index (κ1) is 33.3. The smallest absolute Gasteiger partial charge is 0.264 e. The number of amides is 2. The highest BCUT2D eigenvalue weighted by Gasteiger charge is 2.33. The number of hydrogen-bond donors (Lipinski definition) is 1. The van der Waals surface area contributed by atoms with Crippen LogP contribution in [0.3, 0.4) is 0 Å². The quantitative estimate of drug-likeness (QED) is 0.171. The van der Waals surface area contributed by atoms with Crippen molar-refractivity contribution in [2.75, 3.05) is 17.4 Å². The third-order valence-electron chi connectivity index (χ3n) is 7.26. The van der Waals surface area contributed by atoms with E-state index in [1.54, 1.807) is 36.4 Å². The molecule has 0 saturated heterocycles. The van der Waals surface area contributed by atoms with Crippen LogP contribution in [0.15, 0.2) is 114 Å². The molecule has 1 unspecified atom stereocenters. The molecule has 0 radical (unpaired) electrons. The first-order valence-corrected chi connectivity index (χ1v) is 16.6. The summed E-state index contributed by atoms with van der Waals surface area (Å²) in [6, 6.07) is 30.9. The van der Waals surface area contributed by atoms with Crippen molar-refractivity contribution in [3.63, 3.8) is 0 Å². The lowest BCUT2D eigenvalue weighted by atomic mass is 10.1. The zero-order valence-corrected chi connectivity index (χ0v) is 27.0. The summed E-state index contributed by atoms with van der Waals surface area (Å²) in [5, 5.41) is 2.95. The average molecular weight is 628 g/mol. The number of aryl methyl sites for hydroxylation is 1. The maximum absolute atomic E-state index is 14.2. The fourth-order valence-corrected chi connectivity index (χ4v) is 6.21. The number of benzene rings is 4. The largest absolute Gasteiger partial charge is 0.457 e. The number of nitrogens with zero attached hydrogens (tertiary/aromatic N) is 2. The normalized spacial score (nSPS) is 11.9. The second-order valence-corrected chi connectivity index (χ2v) is 13.2. The van der Waals surface area contributed by atoms with Crippen LogP contribution in [0, 0.1) is 12.8 Å². The van der Waals surface area contributed by atoms with Crippen molar-refractivity contribution in [3.8, 4) is 11.5 Å². The minimum absolute atomic E-state index is 0.0573. The Morgan fingerprint density at radius 2 is 1.38 bits per heavy atom. The van der Waals surface area contributed by atoms with Crippen molar-refractivity contribution < 1.29 is 22.7 Å². The van der Waals surface area contributed by atoms with Gasteiger partial charge in [0.1, 0.15) is 24.1 Å². The maximum atomic E-state index is 14.2. The van der Waals surface area contributed by atoms with Gasteiger partial charge in [0.2, 0.25) is 11.8 Å². The molecule has 9 heteroatoms. The number of sulfonamides is 1. The first-order valence-electron chi connectivity index (χ1n) is 15.1. The first-order chi connectivity index (χ1) is 21.6. The number of carbonyl (C=O) groups is 2. The highest BCUT2D eigenvalue weighted by molar-refractivity contribution is 7.92. The molecule has 0 aliphatic rings. The van der Waals surface area contributed by atoms with Gasteiger partial charge in [0.05, 0.1) is 10.6 Å². The van der Waals surface area contributed by atoms with Crippen LogP contribution < -0.4 is 14.4 Å². The molecule has 0 spiro atoms. The molecular formula is C36H41N3O5S. The van der Waals surface area contributed by atoms with E-state index in [0.717, 1.165) is 15.4 Å². The lowest BCUT2D eigenvalue weighted by molar-refractivity contribution is -0.140. The fraction of sp³-hybridized carbons (Fsp3) is 0.278. The highest BCUT2D eigenvalue weighted by atomic mass is 32.2. The van der Waals surface area contributed by atoms with E-state index in [0.29, 0.717) is 30.2 Å². The molecule has 0 heterocycles. The van der Waals surface area contributed by atoms with Gasteiger partial charge in [-0.25, -0.2) is 8.42 Å². The number of anilines is 1. The Hall–Kier alpha value is -4.63. The Morgan fingerprint density at radius 3 is 1.96 bits per heavy atom. The standard InChI is InChI=1S/C36H41N3O5S/c1-5-34(36(41)37-24-27(2)3)38(25-29-12-8-6-9-13-29)35(40)26-39(45(42,43)33-22-16-28(4)17-23-33)30-18-20-32(21-19-30)44-31-14-10-7-11-15-31/h6-23,27,34H,5,24-26H2,1-4H3,(H,37,41).